The second-order valence-corrected chi connectivity index (χ2v) is 6.76. The van der Waals surface area contributed by atoms with Crippen LogP contribution >= 0.6 is 0 Å². The first-order valence-corrected chi connectivity index (χ1v) is 8.77. The van der Waals surface area contributed by atoms with Gasteiger partial charge in [0.25, 0.3) is 5.91 Å². The summed E-state index contributed by atoms with van der Waals surface area (Å²) in [6, 6.07) is 20.1. The van der Waals surface area contributed by atoms with Crippen molar-refractivity contribution < 1.29 is 15.0 Å². The van der Waals surface area contributed by atoms with Crippen molar-refractivity contribution in [2.45, 2.75) is 19.6 Å². The zero-order valence-corrected chi connectivity index (χ0v) is 14.9. The molecule has 0 fully saturated rings. The highest BCUT2D eigenvalue weighted by Gasteiger charge is 2.33. The highest BCUT2D eigenvalue weighted by Crippen LogP contribution is 2.36. The minimum absolute atomic E-state index is 0.0810. The molecule has 1 heterocycles. The SMILES string of the molecule is Cc1ccc(CN2C(=O)c3ccccc3NC2c2ccc(O)c(O)c2)cc1. The maximum Gasteiger partial charge on any atom is 0.258 e. The van der Waals surface area contributed by atoms with Crippen LogP contribution < -0.4 is 5.32 Å². The minimum atomic E-state index is -0.458. The Kier molecular flexibility index (Phi) is 4.20. The predicted octanol–water partition coefficient (Wildman–Crippen LogP) is 4.17. The minimum Gasteiger partial charge on any atom is -0.504 e. The summed E-state index contributed by atoms with van der Waals surface area (Å²) in [5.74, 6) is -0.482. The Morgan fingerprint density at radius 1 is 0.963 bits per heavy atom. The normalized spacial score (nSPS) is 16.0. The van der Waals surface area contributed by atoms with E-state index in [2.05, 4.69) is 5.32 Å². The van der Waals surface area contributed by atoms with Crippen molar-refractivity contribution in [3.8, 4) is 11.5 Å². The number of benzene rings is 3. The first-order chi connectivity index (χ1) is 13.0. The molecule has 0 aromatic heterocycles. The molecular weight excluding hydrogens is 340 g/mol. The molecular formula is C22H20N2O3. The topological polar surface area (TPSA) is 72.8 Å². The maximum absolute atomic E-state index is 13.2. The summed E-state index contributed by atoms with van der Waals surface area (Å²) in [6.45, 7) is 2.45. The van der Waals surface area contributed by atoms with Crippen molar-refractivity contribution in [3.63, 3.8) is 0 Å². The van der Waals surface area contributed by atoms with E-state index in [0.717, 1.165) is 16.8 Å². The van der Waals surface area contributed by atoms with Gasteiger partial charge in [0.1, 0.15) is 6.17 Å². The van der Waals surface area contributed by atoms with Gasteiger partial charge in [-0.1, -0.05) is 48.0 Å². The third-order valence-electron chi connectivity index (χ3n) is 4.81. The van der Waals surface area contributed by atoms with E-state index in [1.165, 1.54) is 12.1 Å². The summed E-state index contributed by atoms with van der Waals surface area (Å²) >= 11 is 0. The Hall–Kier alpha value is -3.47. The van der Waals surface area contributed by atoms with E-state index >= 15 is 0 Å². The van der Waals surface area contributed by atoms with Crippen molar-refractivity contribution in [1.29, 1.82) is 0 Å². The number of phenols is 2. The van der Waals surface area contributed by atoms with Crippen molar-refractivity contribution in [3.05, 3.63) is 89.0 Å². The number of hydrogen-bond donors (Lipinski definition) is 3. The number of hydrogen-bond acceptors (Lipinski definition) is 4. The standard InChI is InChI=1S/C22H20N2O3/c1-14-6-8-15(9-7-14)13-24-21(16-10-11-19(25)20(26)12-16)23-18-5-3-2-4-17(18)22(24)27/h2-12,21,23,25-26H,13H2,1H3. The first kappa shape index (κ1) is 17.0. The Labute approximate surface area is 157 Å². The average Bonchev–Trinajstić information content (AvgIpc) is 2.68. The molecule has 3 N–H and O–H groups in total. The Morgan fingerprint density at radius 2 is 1.70 bits per heavy atom. The van der Waals surface area contributed by atoms with Gasteiger partial charge in [0.15, 0.2) is 11.5 Å². The number of aryl methyl sites for hydroxylation is 1. The van der Waals surface area contributed by atoms with Crippen LogP contribution in [0.5, 0.6) is 11.5 Å². The van der Waals surface area contributed by atoms with Gasteiger partial charge in [-0.2, -0.15) is 0 Å². The summed E-state index contributed by atoms with van der Waals surface area (Å²) in [6.07, 6.45) is -0.458. The molecule has 27 heavy (non-hydrogen) atoms. The van der Waals surface area contributed by atoms with E-state index in [1.807, 2.05) is 49.4 Å². The monoisotopic (exact) mass is 360 g/mol. The fourth-order valence-corrected chi connectivity index (χ4v) is 3.32. The molecule has 1 aliphatic rings. The van der Waals surface area contributed by atoms with Gasteiger partial charge in [0.05, 0.1) is 5.56 Å². The van der Waals surface area contributed by atoms with Crippen LogP contribution in [0.2, 0.25) is 0 Å². The second-order valence-electron chi connectivity index (χ2n) is 6.76. The number of aromatic hydroxyl groups is 2. The lowest BCUT2D eigenvalue weighted by Gasteiger charge is -2.38. The van der Waals surface area contributed by atoms with E-state index in [0.29, 0.717) is 17.7 Å². The number of fused-ring (bicyclic) bond motifs is 1. The van der Waals surface area contributed by atoms with Gasteiger partial charge < -0.3 is 20.4 Å². The van der Waals surface area contributed by atoms with Crippen LogP contribution in [0.25, 0.3) is 0 Å². The fraction of sp³-hybridized carbons (Fsp3) is 0.136. The van der Waals surface area contributed by atoms with Crippen LogP contribution in [-0.4, -0.2) is 21.0 Å². The molecule has 1 atom stereocenters. The summed E-state index contributed by atoms with van der Waals surface area (Å²) in [4.78, 5) is 14.9. The molecule has 1 aliphatic heterocycles. The Bertz CT molecular complexity index is 999. The fourth-order valence-electron chi connectivity index (χ4n) is 3.32. The predicted molar refractivity (Wildman–Crippen MR) is 104 cm³/mol. The number of amides is 1. The number of nitrogens with one attached hydrogen (secondary N) is 1. The maximum atomic E-state index is 13.2. The van der Waals surface area contributed by atoms with Crippen molar-refractivity contribution in [2.24, 2.45) is 0 Å². The molecule has 0 spiro atoms. The molecule has 5 nitrogen and oxygen atoms in total. The third kappa shape index (κ3) is 3.19. The average molecular weight is 360 g/mol. The molecule has 0 saturated carbocycles. The van der Waals surface area contributed by atoms with Crippen LogP contribution in [0.15, 0.2) is 66.7 Å². The van der Waals surface area contributed by atoms with E-state index in [1.54, 1.807) is 17.0 Å². The molecule has 1 unspecified atom stereocenters. The number of carbonyl (C=O) groups excluding carboxylic acids is 1. The van der Waals surface area contributed by atoms with E-state index in [4.69, 9.17) is 0 Å². The molecule has 0 radical (unpaired) electrons. The van der Waals surface area contributed by atoms with Gasteiger partial charge in [-0.3, -0.25) is 4.79 Å². The molecule has 3 aromatic rings. The van der Waals surface area contributed by atoms with E-state index in [-0.39, 0.29) is 17.4 Å². The summed E-state index contributed by atoms with van der Waals surface area (Å²) in [5, 5.41) is 22.9. The Balaban J connectivity index is 1.76. The van der Waals surface area contributed by atoms with Crippen LogP contribution in [0.3, 0.4) is 0 Å². The van der Waals surface area contributed by atoms with Gasteiger partial charge in [0.2, 0.25) is 0 Å². The van der Waals surface area contributed by atoms with Crippen LogP contribution in [0, 0.1) is 6.92 Å². The second kappa shape index (κ2) is 6.68. The largest absolute Gasteiger partial charge is 0.504 e. The van der Waals surface area contributed by atoms with Gasteiger partial charge >= 0.3 is 0 Å². The van der Waals surface area contributed by atoms with E-state index < -0.39 is 6.17 Å². The van der Waals surface area contributed by atoms with Crippen molar-refractivity contribution >= 4 is 11.6 Å². The summed E-state index contributed by atoms with van der Waals surface area (Å²) in [5.41, 5.74) is 4.24. The number of phenolic OH excluding ortho intramolecular Hbond substituents is 2. The lowest BCUT2D eigenvalue weighted by Crippen LogP contribution is -2.42. The molecule has 136 valence electrons. The number of para-hydroxylation sites is 1. The van der Waals surface area contributed by atoms with Gasteiger partial charge in [-0.25, -0.2) is 0 Å². The number of carbonyl (C=O) groups is 1. The number of nitrogens with zero attached hydrogens (tertiary/aromatic N) is 1. The van der Waals surface area contributed by atoms with Crippen LogP contribution in [0.4, 0.5) is 5.69 Å². The van der Waals surface area contributed by atoms with Crippen molar-refractivity contribution in [1.82, 2.24) is 4.90 Å². The zero-order chi connectivity index (χ0) is 19.0. The quantitative estimate of drug-likeness (QED) is 0.613. The third-order valence-corrected chi connectivity index (χ3v) is 4.81. The number of rotatable bonds is 3. The molecule has 5 heteroatoms. The summed E-state index contributed by atoms with van der Waals surface area (Å²) < 4.78 is 0. The lowest BCUT2D eigenvalue weighted by atomic mass is 10.0. The molecule has 3 aromatic carbocycles. The molecule has 0 bridgehead atoms. The van der Waals surface area contributed by atoms with Gasteiger partial charge in [-0.15, -0.1) is 0 Å². The first-order valence-electron chi connectivity index (χ1n) is 8.77. The van der Waals surface area contributed by atoms with Crippen LogP contribution in [-0.2, 0) is 6.54 Å². The zero-order valence-electron chi connectivity index (χ0n) is 14.9. The van der Waals surface area contributed by atoms with Crippen molar-refractivity contribution in [2.75, 3.05) is 5.32 Å². The van der Waals surface area contributed by atoms with E-state index in [9.17, 15) is 15.0 Å². The Morgan fingerprint density at radius 3 is 2.44 bits per heavy atom. The highest BCUT2D eigenvalue weighted by atomic mass is 16.3. The lowest BCUT2D eigenvalue weighted by molar-refractivity contribution is 0.0666. The number of anilines is 1. The molecule has 1 amide bonds. The summed E-state index contributed by atoms with van der Waals surface area (Å²) in [7, 11) is 0. The molecule has 4 rings (SSSR count). The molecule has 0 saturated heterocycles. The van der Waals surface area contributed by atoms with Crippen LogP contribution in [0.1, 0.15) is 33.2 Å². The van der Waals surface area contributed by atoms with Gasteiger partial charge in [-0.05, 0) is 42.3 Å². The smallest absolute Gasteiger partial charge is 0.258 e. The molecule has 0 aliphatic carbocycles. The highest BCUT2D eigenvalue weighted by molar-refractivity contribution is 6.01. The van der Waals surface area contributed by atoms with Gasteiger partial charge in [0, 0.05) is 12.2 Å².